The fourth-order valence-electron chi connectivity index (χ4n) is 1.89. The number of allylic oxidation sites excluding steroid dienone is 1. The molecule has 0 atom stereocenters. The molecule has 0 fully saturated rings. The zero-order chi connectivity index (χ0) is 14.5. The normalized spacial score (nSPS) is 14.8. The standard InChI is InChI=1S/C14H18N2O2S2/c1-3-10-4-5-11(20-10)6-7-18-13(17)12-8-15-14(19)16-9(12)2/h4-5H,3,6-8H2,1-2H3,(H2,15,16,19). The van der Waals surface area contributed by atoms with Crippen molar-refractivity contribution in [1.82, 2.24) is 10.6 Å². The van der Waals surface area contributed by atoms with Crippen molar-refractivity contribution in [2.75, 3.05) is 13.2 Å². The molecular formula is C14H18N2O2S2. The lowest BCUT2D eigenvalue weighted by Crippen LogP contribution is -2.43. The molecular weight excluding hydrogens is 292 g/mol. The molecule has 0 aromatic carbocycles. The van der Waals surface area contributed by atoms with Gasteiger partial charge >= 0.3 is 5.97 Å². The molecule has 0 bridgehead atoms. The molecule has 2 rings (SSSR count). The number of rotatable bonds is 5. The van der Waals surface area contributed by atoms with Crippen molar-refractivity contribution in [3.05, 3.63) is 33.2 Å². The Labute approximate surface area is 128 Å². The summed E-state index contributed by atoms with van der Waals surface area (Å²) >= 11 is 6.76. The first-order valence-corrected chi connectivity index (χ1v) is 7.82. The van der Waals surface area contributed by atoms with Crippen LogP contribution >= 0.6 is 23.6 Å². The van der Waals surface area contributed by atoms with Gasteiger partial charge in [0.1, 0.15) is 0 Å². The molecule has 1 aliphatic heterocycles. The topological polar surface area (TPSA) is 50.4 Å². The maximum absolute atomic E-state index is 12.0. The van der Waals surface area contributed by atoms with Gasteiger partial charge in [0.25, 0.3) is 0 Å². The molecule has 0 unspecified atom stereocenters. The Morgan fingerprint density at radius 1 is 1.45 bits per heavy atom. The van der Waals surface area contributed by atoms with E-state index in [1.165, 1.54) is 9.75 Å². The van der Waals surface area contributed by atoms with E-state index in [0.29, 0.717) is 23.8 Å². The number of nitrogens with one attached hydrogen (secondary N) is 2. The van der Waals surface area contributed by atoms with Crippen LogP contribution in [0.25, 0.3) is 0 Å². The van der Waals surface area contributed by atoms with Gasteiger partial charge in [-0.05, 0) is 37.7 Å². The predicted octanol–water partition coefficient (Wildman–Crippen LogP) is 2.15. The van der Waals surface area contributed by atoms with Crippen LogP contribution in [0, 0.1) is 0 Å². The summed E-state index contributed by atoms with van der Waals surface area (Å²) < 4.78 is 5.32. The second-order valence-corrected chi connectivity index (χ2v) is 6.18. The van der Waals surface area contributed by atoms with E-state index in [4.69, 9.17) is 17.0 Å². The largest absolute Gasteiger partial charge is 0.462 e. The highest BCUT2D eigenvalue weighted by atomic mass is 32.1. The second kappa shape index (κ2) is 6.85. The number of hydrogen-bond donors (Lipinski definition) is 2. The quantitative estimate of drug-likeness (QED) is 0.645. The lowest BCUT2D eigenvalue weighted by atomic mass is 10.2. The summed E-state index contributed by atoms with van der Waals surface area (Å²) in [7, 11) is 0. The Morgan fingerprint density at radius 2 is 2.20 bits per heavy atom. The van der Waals surface area contributed by atoms with E-state index in [1.807, 2.05) is 6.92 Å². The zero-order valence-corrected chi connectivity index (χ0v) is 13.2. The Bertz CT molecular complexity index is 549. The van der Waals surface area contributed by atoms with Crippen molar-refractivity contribution >= 4 is 34.6 Å². The summed E-state index contributed by atoms with van der Waals surface area (Å²) in [6.07, 6.45) is 1.82. The summed E-state index contributed by atoms with van der Waals surface area (Å²) in [6, 6.07) is 4.23. The number of thiophene rings is 1. The van der Waals surface area contributed by atoms with Crippen LogP contribution in [0.15, 0.2) is 23.4 Å². The highest BCUT2D eigenvalue weighted by Crippen LogP contribution is 2.17. The molecule has 0 saturated heterocycles. The molecule has 0 spiro atoms. The third kappa shape index (κ3) is 3.80. The summed E-state index contributed by atoms with van der Waals surface area (Å²) in [6.45, 7) is 4.80. The van der Waals surface area contributed by atoms with Gasteiger partial charge in [-0.15, -0.1) is 11.3 Å². The van der Waals surface area contributed by atoms with Crippen molar-refractivity contribution in [1.29, 1.82) is 0 Å². The number of hydrogen-bond acceptors (Lipinski definition) is 4. The number of carbonyl (C=O) groups is 1. The van der Waals surface area contributed by atoms with Crippen molar-refractivity contribution < 1.29 is 9.53 Å². The number of esters is 1. The lowest BCUT2D eigenvalue weighted by molar-refractivity contribution is -0.139. The van der Waals surface area contributed by atoms with Crippen LogP contribution in [-0.4, -0.2) is 24.2 Å². The Balaban J connectivity index is 1.83. The van der Waals surface area contributed by atoms with Crippen molar-refractivity contribution in [3.8, 4) is 0 Å². The van der Waals surface area contributed by atoms with Crippen LogP contribution in [0.2, 0.25) is 0 Å². The van der Waals surface area contributed by atoms with Crippen LogP contribution in [0.1, 0.15) is 23.6 Å². The summed E-state index contributed by atoms with van der Waals surface area (Å²) in [5.74, 6) is -0.280. The van der Waals surface area contributed by atoms with Gasteiger partial charge in [0.05, 0.1) is 18.7 Å². The molecule has 4 nitrogen and oxygen atoms in total. The van der Waals surface area contributed by atoms with Gasteiger partial charge in [0.15, 0.2) is 5.11 Å². The lowest BCUT2D eigenvalue weighted by Gasteiger charge is -2.20. The fourth-order valence-corrected chi connectivity index (χ4v) is 3.06. The average molecular weight is 310 g/mol. The van der Waals surface area contributed by atoms with E-state index in [9.17, 15) is 4.79 Å². The van der Waals surface area contributed by atoms with E-state index >= 15 is 0 Å². The van der Waals surface area contributed by atoms with Gasteiger partial charge in [0.2, 0.25) is 0 Å². The Kier molecular flexibility index (Phi) is 5.14. The molecule has 6 heteroatoms. The summed E-state index contributed by atoms with van der Waals surface area (Å²) in [4.78, 5) is 14.6. The molecule has 0 aliphatic carbocycles. The Morgan fingerprint density at radius 3 is 2.85 bits per heavy atom. The summed E-state index contributed by atoms with van der Waals surface area (Å²) in [5.41, 5.74) is 1.38. The van der Waals surface area contributed by atoms with Crippen LogP contribution in [0.4, 0.5) is 0 Å². The first-order valence-electron chi connectivity index (χ1n) is 6.59. The van der Waals surface area contributed by atoms with E-state index in [0.717, 1.165) is 18.5 Å². The molecule has 2 N–H and O–H groups in total. The Hall–Kier alpha value is -1.40. The maximum atomic E-state index is 12.0. The van der Waals surface area contributed by atoms with Gasteiger partial charge in [-0.1, -0.05) is 6.92 Å². The van der Waals surface area contributed by atoms with Crippen LogP contribution in [0.3, 0.4) is 0 Å². The van der Waals surface area contributed by atoms with Gasteiger partial charge in [-0.2, -0.15) is 0 Å². The van der Waals surface area contributed by atoms with E-state index < -0.39 is 0 Å². The van der Waals surface area contributed by atoms with Crippen molar-refractivity contribution in [3.63, 3.8) is 0 Å². The molecule has 1 aromatic heterocycles. The van der Waals surface area contributed by atoms with Crippen LogP contribution in [-0.2, 0) is 22.4 Å². The van der Waals surface area contributed by atoms with Crippen LogP contribution < -0.4 is 10.6 Å². The van der Waals surface area contributed by atoms with Gasteiger partial charge in [-0.25, -0.2) is 4.79 Å². The fraction of sp³-hybridized carbons (Fsp3) is 0.429. The molecule has 0 amide bonds. The maximum Gasteiger partial charge on any atom is 0.337 e. The van der Waals surface area contributed by atoms with E-state index in [1.54, 1.807) is 11.3 Å². The minimum atomic E-state index is -0.280. The first-order chi connectivity index (χ1) is 9.60. The second-order valence-electron chi connectivity index (χ2n) is 4.52. The van der Waals surface area contributed by atoms with Crippen LogP contribution in [0.5, 0.6) is 0 Å². The molecule has 0 radical (unpaired) electrons. The minimum absolute atomic E-state index is 0.280. The third-order valence-corrected chi connectivity index (χ3v) is 4.61. The SMILES string of the molecule is CCc1ccc(CCOC(=O)C2=C(C)NC(=S)NC2)s1. The molecule has 108 valence electrons. The smallest absolute Gasteiger partial charge is 0.337 e. The monoisotopic (exact) mass is 310 g/mol. The van der Waals surface area contributed by atoms with Crippen molar-refractivity contribution in [2.45, 2.75) is 26.7 Å². The average Bonchev–Trinajstić information content (AvgIpc) is 2.86. The first kappa shape index (κ1) is 15.0. The molecule has 1 aliphatic rings. The molecule has 1 aromatic rings. The zero-order valence-electron chi connectivity index (χ0n) is 11.6. The predicted molar refractivity (Wildman–Crippen MR) is 84.8 cm³/mol. The minimum Gasteiger partial charge on any atom is -0.462 e. The summed E-state index contributed by atoms with van der Waals surface area (Å²) in [5, 5.41) is 6.40. The van der Waals surface area contributed by atoms with Gasteiger partial charge < -0.3 is 15.4 Å². The highest BCUT2D eigenvalue weighted by Gasteiger charge is 2.19. The highest BCUT2D eigenvalue weighted by molar-refractivity contribution is 7.80. The molecule has 20 heavy (non-hydrogen) atoms. The third-order valence-electron chi connectivity index (χ3n) is 3.07. The van der Waals surface area contributed by atoms with E-state index in [2.05, 4.69) is 29.7 Å². The number of carbonyl (C=O) groups excluding carboxylic acids is 1. The number of ether oxygens (including phenoxy) is 1. The number of thiocarbonyl (C=S) groups is 1. The number of aryl methyl sites for hydroxylation is 1. The van der Waals surface area contributed by atoms with Gasteiger partial charge in [0, 0.05) is 21.9 Å². The van der Waals surface area contributed by atoms with Crippen molar-refractivity contribution in [2.24, 2.45) is 0 Å². The van der Waals surface area contributed by atoms with Gasteiger partial charge in [-0.3, -0.25) is 0 Å². The molecule has 2 heterocycles. The van der Waals surface area contributed by atoms with E-state index in [-0.39, 0.29) is 5.97 Å². The molecule has 0 saturated carbocycles.